The Morgan fingerprint density at radius 1 is 1.22 bits per heavy atom. The number of anilines is 2. The Morgan fingerprint density at radius 3 is 2.70 bits per heavy atom. The molecule has 6 heteroatoms. The van der Waals surface area contributed by atoms with Crippen LogP contribution in [0.5, 0.6) is 0 Å². The molecular formula is C17H16N4OS. The standard InChI is InChI=1S/C17H16N4OS/c1-12-10-23-17(20-12)7-16(22)13-4-3-5-14(6-13)21(2)15-8-18-11-19-9-15/h3-6,8-11H,7H2,1-2H3. The van der Waals surface area contributed by atoms with Crippen LogP contribution in [0.4, 0.5) is 11.4 Å². The summed E-state index contributed by atoms with van der Waals surface area (Å²) in [6.45, 7) is 1.93. The zero-order valence-electron chi connectivity index (χ0n) is 12.9. The van der Waals surface area contributed by atoms with Crippen LogP contribution >= 0.6 is 11.3 Å². The van der Waals surface area contributed by atoms with E-state index in [0.717, 1.165) is 22.1 Å². The highest BCUT2D eigenvalue weighted by Crippen LogP contribution is 2.23. The third-order valence-corrected chi connectivity index (χ3v) is 4.43. The van der Waals surface area contributed by atoms with Crippen molar-refractivity contribution in [2.75, 3.05) is 11.9 Å². The minimum Gasteiger partial charge on any atom is -0.342 e. The summed E-state index contributed by atoms with van der Waals surface area (Å²) in [6, 6.07) is 7.56. The number of nitrogens with zero attached hydrogens (tertiary/aromatic N) is 4. The van der Waals surface area contributed by atoms with Gasteiger partial charge in [-0.25, -0.2) is 15.0 Å². The molecule has 0 aliphatic rings. The third-order valence-electron chi connectivity index (χ3n) is 3.47. The van der Waals surface area contributed by atoms with Crippen LogP contribution < -0.4 is 4.90 Å². The summed E-state index contributed by atoms with van der Waals surface area (Å²) in [5.41, 5.74) is 3.42. The van der Waals surface area contributed by atoms with Crippen molar-refractivity contribution in [3.63, 3.8) is 0 Å². The second kappa shape index (κ2) is 6.66. The molecule has 0 N–H and O–H groups in total. The molecule has 3 rings (SSSR count). The molecule has 2 heterocycles. The largest absolute Gasteiger partial charge is 0.342 e. The van der Waals surface area contributed by atoms with Crippen molar-refractivity contribution in [3.8, 4) is 0 Å². The Kier molecular flexibility index (Phi) is 4.43. The lowest BCUT2D eigenvalue weighted by Gasteiger charge is -2.19. The van der Waals surface area contributed by atoms with Gasteiger partial charge in [-0.05, 0) is 19.1 Å². The van der Waals surface area contributed by atoms with E-state index < -0.39 is 0 Å². The van der Waals surface area contributed by atoms with Crippen LogP contribution in [0.2, 0.25) is 0 Å². The maximum Gasteiger partial charge on any atom is 0.169 e. The van der Waals surface area contributed by atoms with E-state index in [4.69, 9.17) is 0 Å². The van der Waals surface area contributed by atoms with Crippen molar-refractivity contribution in [1.82, 2.24) is 15.0 Å². The van der Waals surface area contributed by atoms with E-state index in [9.17, 15) is 4.79 Å². The highest BCUT2D eigenvalue weighted by Gasteiger charge is 2.12. The Bertz CT molecular complexity index is 816. The second-order valence-corrected chi connectivity index (χ2v) is 6.13. The maximum atomic E-state index is 12.5. The Morgan fingerprint density at radius 2 is 2.00 bits per heavy atom. The zero-order chi connectivity index (χ0) is 16.2. The van der Waals surface area contributed by atoms with E-state index in [1.807, 2.05) is 48.5 Å². The fourth-order valence-electron chi connectivity index (χ4n) is 2.22. The summed E-state index contributed by atoms with van der Waals surface area (Å²) >= 11 is 1.52. The Balaban J connectivity index is 1.80. The van der Waals surface area contributed by atoms with Crippen LogP contribution in [0.15, 0.2) is 48.4 Å². The molecule has 0 atom stereocenters. The first-order valence-electron chi connectivity index (χ1n) is 7.16. The molecule has 0 spiro atoms. The van der Waals surface area contributed by atoms with E-state index >= 15 is 0 Å². The topological polar surface area (TPSA) is 59.0 Å². The number of aromatic nitrogens is 3. The third kappa shape index (κ3) is 3.60. The normalized spacial score (nSPS) is 10.5. The van der Waals surface area contributed by atoms with Crippen LogP contribution in [-0.4, -0.2) is 27.8 Å². The highest BCUT2D eigenvalue weighted by molar-refractivity contribution is 7.09. The van der Waals surface area contributed by atoms with Gasteiger partial charge in [0.05, 0.1) is 24.5 Å². The molecule has 0 unspecified atom stereocenters. The number of thiazole rings is 1. The van der Waals surface area contributed by atoms with Crippen molar-refractivity contribution in [3.05, 3.63) is 64.6 Å². The number of Topliss-reactive ketones (excluding diaryl/α,β-unsaturated/α-hetero) is 1. The SMILES string of the molecule is Cc1csc(CC(=O)c2cccc(N(C)c3cncnc3)c2)n1. The summed E-state index contributed by atoms with van der Waals surface area (Å²) in [6.07, 6.45) is 5.30. The predicted molar refractivity (Wildman–Crippen MR) is 91.4 cm³/mol. The fraction of sp³-hybridized carbons (Fsp3) is 0.176. The van der Waals surface area contributed by atoms with E-state index in [0.29, 0.717) is 12.0 Å². The van der Waals surface area contributed by atoms with Gasteiger partial charge in [0.15, 0.2) is 5.78 Å². The number of hydrogen-bond acceptors (Lipinski definition) is 6. The average Bonchev–Trinajstić information content (AvgIpc) is 3.00. The van der Waals surface area contributed by atoms with E-state index in [-0.39, 0.29) is 5.78 Å². The van der Waals surface area contributed by atoms with Gasteiger partial charge in [-0.1, -0.05) is 12.1 Å². The minimum absolute atomic E-state index is 0.0684. The van der Waals surface area contributed by atoms with Crippen molar-refractivity contribution >= 4 is 28.5 Å². The number of carbonyl (C=O) groups excluding carboxylic acids is 1. The van der Waals surface area contributed by atoms with Gasteiger partial charge < -0.3 is 4.90 Å². The fourth-order valence-corrected chi connectivity index (χ4v) is 3.00. The van der Waals surface area contributed by atoms with Gasteiger partial charge in [0.25, 0.3) is 0 Å². The molecule has 116 valence electrons. The predicted octanol–water partition coefficient (Wildman–Crippen LogP) is 3.43. The van der Waals surface area contributed by atoms with Gasteiger partial charge in [0.2, 0.25) is 0 Å². The quantitative estimate of drug-likeness (QED) is 0.673. The summed E-state index contributed by atoms with van der Waals surface area (Å²) in [7, 11) is 1.92. The number of ketones is 1. The van der Waals surface area contributed by atoms with Crippen molar-refractivity contribution in [2.45, 2.75) is 13.3 Å². The first-order chi connectivity index (χ1) is 11.1. The first kappa shape index (κ1) is 15.3. The van der Waals surface area contributed by atoms with Gasteiger partial charge in [0.1, 0.15) is 11.3 Å². The molecule has 3 aromatic rings. The first-order valence-corrected chi connectivity index (χ1v) is 8.04. The van der Waals surface area contributed by atoms with E-state index in [1.165, 1.54) is 17.7 Å². The van der Waals surface area contributed by atoms with Gasteiger partial charge >= 0.3 is 0 Å². The summed E-state index contributed by atoms with van der Waals surface area (Å²) in [4.78, 5) is 26.8. The van der Waals surface area contributed by atoms with Crippen LogP contribution in [0.1, 0.15) is 21.1 Å². The number of hydrogen-bond donors (Lipinski definition) is 0. The Labute approximate surface area is 138 Å². The minimum atomic E-state index is 0.0684. The monoisotopic (exact) mass is 324 g/mol. The van der Waals surface area contributed by atoms with Gasteiger partial charge in [-0.3, -0.25) is 4.79 Å². The molecule has 0 saturated heterocycles. The molecule has 0 bridgehead atoms. The summed E-state index contributed by atoms with van der Waals surface area (Å²) < 4.78 is 0. The number of benzene rings is 1. The second-order valence-electron chi connectivity index (χ2n) is 5.19. The van der Waals surface area contributed by atoms with Crippen LogP contribution in [0, 0.1) is 6.92 Å². The van der Waals surface area contributed by atoms with Crippen LogP contribution in [0.3, 0.4) is 0 Å². The average molecular weight is 324 g/mol. The number of aryl methyl sites for hydroxylation is 1. The smallest absolute Gasteiger partial charge is 0.169 e. The van der Waals surface area contributed by atoms with E-state index in [2.05, 4.69) is 15.0 Å². The molecule has 0 radical (unpaired) electrons. The lowest BCUT2D eigenvalue weighted by Crippen LogP contribution is -2.11. The summed E-state index contributed by atoms with van der Waals surface area (Å²) in [5, 5.41) is 2.81. The van der Waals surface area contributed by atoms with Crippen LogP contribution in [-0.2, 0) is 6.42 Å². The van der Waals surface area contributed by atoms with Gasteiger partial charge in [-0.2, -0.15) is 0 Å². The van der Waals surface area contributed by atoms with Crippen molar-refractivity contribution in [1.29, 1.82) is 0 Å². The molecule has 2 aromatic heterocycles. The van der Waals surface area contributed by atoms with Crippen molar-refractivity contribution < 1.29 is 4.79 Å². The molecule has 0 saturated carbocycles. The number of rotatable bonds is 5. The van der Waals surface area contributed by atoms with Crippen LogP contribution in [0.25, 0.3) is 0 Å². The Hall–Kier alpha value is -2.60. The molecule has 23 heavy (non-hydrogen) atoms. The van der Waals surface area contributed by atoms with Gasteiger partial charge in [-0.15, -0.1) is 11.3 Å². The number of carbonyl (C=O) groups is 1. The lowest BCUT2D eigenvalue weighted by atomic mass is 10.1. The molecule has 0 amide bonds. The summed E-state index contributed by atoms with van der Waals surface area (Å²) in [5.74, 6) is 0.0684. The van der Waals surface area contributed by atoms with Crippen molar-refractivity contribution in [2.24, 2.45) is 0 Å². The maximum absolute atomic E-state index is 12.5. The highest BCUT2D eigenvalue weighted by atomic mass is 32.1. The van der Waals surface area contributed by atoms with E-state index in [1.54, 1.807) is 12.4 Å². The lowest BCUT2D eigenvalue weighted by molar-refractivity contribution is 0.0993. The molecule has 1 aromatic carbocycles. The molecule has 5 nitrogen and oxygen atoms in total. The molecule has 0 aliphatic heterocycles. The molecule has 0 fully saturated rings. The van der Waals surface area contributed by atoms with Gasteiger partial charge in [0, 0.05) is 29.4 Å². The molecular weight excluding hydrogens is 308 g/mol. The zero-order valence-corrected chi connectivity index (χ0v) is 13.7. The molecule has 0 aliphatic carbocycles.